The van der Waals surface area contributed by atoms with E-state index in [9.17, 15) is 9.59 Å². The molecule has 1 aromatic carbocycles. The lowest BCUT2D eigenvalue weighted by molar-refractivity contribution is 0.0693. The number of rotatable bonds is 6. The number of hydrogen-bond donors (Lipinski definition) is 1. The van der Waals surface area contributed by atoms with Crippen molar-refractivity contribution in [1.29, 1.82) is 0 Å². The van der Waals surface area contributed by atoms with Crippen LogP contribution in [0.1, 0.15) is 34.1 Å². The molecule has 0 saturated carbocycles. The minimum Gasteiger partial charge on any atom is -0.478 e. The monoisotopic (exact) mass is 281 g/mol. The first kappa shape index (κ1) is 15.6. The van der Waals surface area contributed by atoms with Crippen LogP contribution in [0.25, 0.3) is 0 Å². The van der Waals surface area contributed by atoms with Gasteiger partial charge in [-0.15, -0.1) is 0 Å². The number of carboxylic acids is 1. The van der Waals surface area contributed by atoms with Crippen LogP contribution in [0.2, 0.25) is 0 Å². The Hall–Kier alpha value is -1.49. The predicted molar refractivity (Wildman–Crippen MR) is 78.0 cm³/mol. The van der Waals surface area contributed by atoms with Crippen molar-refractivity contribution >= 4 is 23.6 Å². The molecule has 0 aliphatic carbocycles. The lowest BCUT2D eigenvalue weighted by Gasteiger charge is -2.26. The van der Waals surface area contributed by atoms with E-state index in [2.05, 4.69) is 6.92 Å². The lowest BCUT2D eigenvalue weighted by Crippen LogP contribution is -2.38. The molecule has 0 aromatic heterocycles. The molecule has 5 heteroatoms. The van der Waals surface area contributed by atoms with Crippen molar-refractivity contribution in [1.82, 2.24) is 4.90 Å². The van der Waals surface area contributed by atoms with Crippen molar-refractivity contribution in [2.24, 2.45) is 0 Å². The maximum Gasteiger partial charge on any atom is 0.335 e. The van der Waals surface area contributed by atoms with Crippen LogP contribution < -0.4 is 0 Å². The summed E-state index contributed by atoms with van der Waals surface area (Å²) >= 11 is 1.71. The Balaban J connectivity index is 2.84. The van der Waals surface area contributed by atoms with Crippen LogP contribution in [0.15, 0.2) is 24.3 Å². The summed E-state index contributed by atoms with van der Waals surface area (Å²) in [7, 11) is 1.79. The summed E-state index contributed by atoms with van der Waals surface area (Å²) in [5, 5.41) is 8.82. The van der Waals surface area contributed by atoms with E-state index >= 15 is 0 Å². The second-order valence-electron chi connectivity index (χ2n) is 4.32. The van der Waals surface area contributed by atoms with Gasteiger partial charge in [-0.2, -0.15) is 11.8 Å². The zero-order chi connectivity index (χ0) is 14.4. The highest BCUT2D eigenvalue weighted by Gasteiger charge is 2.19. The van der Waals surface area contributed by atoms with Crippen molar-refractivity contribution in [3.8, 4) is 0 Å². The zero-order valence-corrected chi connectivity index (χ0v) is 12.2. The van der Waals surface area contributed by atoms with Crippen molar-refractivity contribution in [3.05, 3.63) is 35.4 Å². The van der Waals surface area contributed by atoms with Gasteiger partial charge in [0.1, 0.15) is 0 Å². The normalized spacial score (nSPS) is 11.9. The number of carboxylic acid groups (broad SMARTS) is 1. The van der Waals surface area contributed by atoms with Crippen LogP contribution in [-0.2, 0) is 0 Å². The molecular weight excluding hydrogens is 262 g/mol. The van der Waals surface area contributed by atoms with Crippen LogP contribution in [0.4, 0.5) is 0 Å². The smallest absolute Gasteiger partial charge is 0.335 e. The zero-order valence-electron chi connectivity index (χ0n) is 11.4. The summed E-state index contributed by atoms with van der Waals surface area (Å²) < 4.78 is 0. The topological polar surface area (TPSA) is 57.6 Å². The van der Waals surface area contributed by atoms with Gasteiger partial charge in [-0.05, 0) is 36.9 Å². The SMILES string of the molecule is CCC(CSC)N(C)C(=O)c1ccc(C(=O)O)cc1. The predicted octanol–water partition coefficient (Wildman–Crippen LogP) is 2.60. The number of aromatic carboxylic acids is 1. The minimum atomic E-state index is -0.985. The summed E-state index contributed by atoms with van der Waals surface area (Å²) in [5.74, 6) is -0.162. The molecule has 104 valence electrons. The maximum atomic E-state index is 12.3. The molecular formula is C14H19NO3S. The van der Waals surface area contributed by atoms with Crippen LogP contribution >= 0.6 is 11.8 Å². The third-order valence-corrected chi connectivity index (χ3v) is 3.80. The first-order valence-corrected chi connectivity index (χ1v) is 7.50. The molecule has 19 heavy (non-hydrogen) atoms. The van der Waals surface area contributed by atoms with E-state index in [1.54, 1.807) is 35.8 Å². The Morgan fingerprint density at radius 3 is 2.21 bits per heavy atom. The molecule has 0 heterocycles. The van der Waals surface area contributed by atoms with E-state index in [1.807, 2.05) is 6.26 Å². The minimum absolute atomic E-state index is 0.0714. The lowest BCUT2D eigenvalue weighted by atomic mass is 10.1. The van der Waals surface area contributed by atoms with E-state index in [1.165, 1.54) is 12.1 Å². The molecule has 1 N–H and O–H groups in total. The number of carbonyl (C=O) groups excluding carboxylic acids is 1. The van der Waals surface area contributed by atoms with Crippen molar-refractivity contribution in [3.63, 3.8) is 0 Å². The van der Waals surface area contributed by atoms with Crippen LogP contribution in [-0.4, -0.2) is 47.0 Å². The number of hydrogen-bond acceptors (Lipinski definition) is 3. The highest BCUT2D eigenvalue weighted by atomic mass is 32.2. The summed E-state index contributed by atoms with van der Waals surface area (Å²) in [6.45, 7) is 2.05. The Labute approximate surface area is 117 Å². The second-order valence-corrected chi connectivity index (χ2v) is 5.23. The summed E-state index contributed by atoms with van der Waals surface area (Å²) in [5.41, 5.74) is 0.711. The van der Waals surface area contributed by atoms with E-state index in [4.69, 9.17) is 5.11 Å². The molecule has 0 saturated heterocycles. The first-order valence-electron chi connectivity index (χ1n) is 6.10. The molecule has 1 rings (SSSR count). The van der Waals surface area contributed by atoms with Gasteiger partial charge in [-0.3, -0.25) is 4.79 Å². The standard InChI is InChI=1S/C14H19NO3S/c1-4-12(9-19-3)15(2)13(16)10-5-7-11(8-6-10)14(17)18/h5-8,12H,4,9H2,1-3H3,(H,17,18). The molecule has 1 aromatic rings. The van der Waals surface area contributed by atoms with Gasteiger partial charge in [0, 0.05) is 24.4 Å². The summed E-state index contributed by atoms with van der Waals surface area (Å²) in [4.78, 5) is 24.8. The van der Waals surface area contributed by atoms with Crippen LogP contribution in [0.3, 0.4) is 0 Å². The fraction of sp³-hybridized carbons (Fsp3) is 0.429. The first-order chi connectivity index (χ1) is 9.01. The number of amides is 1. The quantitative estimate of drug-likeness (QED) is 0.870. The Bertz CT molecular complexity index is 445. The van der Waals surface area contributed by atoms with Crippen molar-refractivity contribution < 1.29 is 14.7 Å². The number of nitrogens with zero attached hydrogens (tertiary/aromatic N) is 1. The second kappa shape index (κ2) is 7.19. The van der Waals surface area contributed by atoms with Crippen molar-refractivity contribution in [2.45, 2.75) is 19.4 Å². The molecule has 0 radical (unpaired) electrons. The van der Waals surface area contributed by atoms with E-state index in [-0.39, 0.29) is 17.5 Å². The Morgan fingerprint density at radius 2 is 1.79 bits per heavy atom. The van der Waals surface area contributed by atoms with Gasteiger partial charge in [0.2, 0.25) is 0 Å². The average molecular weight is 281 g/mol. The van der Waals surface area contributed by atoms with Crippen molar-refractivity contribution in [2.75, 3.05) is 19.1 Å². The van der Waals surface area contributed by atoms with E-state index < -0.39 is 5.97 Å². The number of benzene rings is 1. The highest BCUT2D eigenvalue weighted by molar-refractivity contribution is 7.98. The van der Waals surface area contributed by atoms with Crippen LogP contribution in [0, 0.1) is 0 Å². The van der Waals surface area contributed by atoms with E-state index in [0.717, 1.165) is 12.2 Å². The van der Waals surface area contributed by atoms with Crippen LogP contribution in [0.5, 0.6) is 0 Å². The third-order valence-electron chi connectivity index (χ3n) is 3.08. The molecule has 0 bridgehead atoms. The molecule has 1 amide bonds. The summed E-state index contributed by atoms with van der Waals surface area (Å²) in [6.07, 6.45) is 2.92. The molecule has 0 fully saturated rings. The molecule has 0 spiro atoms. The summed E-state index contributed by atoms with van der Waals surface area (Å²) in [6, 6.07) is 6.24. The molecule has 0 aliphatic rings. The fourth-order valence-electron chi connectivity index (χ4n) is 1.82. The molecule has 0 aliphatic heterocycles. The largest absolute Gasteiger partial charge is 0.478 e. The van der Waals surface area contributed by atoms with E-state index in [0.29, 0.717) is 5.56 Å². The Kier molecular flexibility index (Phi) is 5.89. The van der Waals surface area contributed by atoms with Gasteiger partial charge < -0.3 is 10.0 Å². The van der Waals surface area contributed by atoms with Gasteiger partial charge in [0.05, 0.1) is 5.56 Å². The van der Waals surface area contributed by atoms with Gasteiger partial charge in [-0.25, -0.2) is 4.79 Å². The van der Waals surface area contributed by atoms with Gasteiger partial charge in [0.15, 0.2) is 0 Å². The van der Waals surface area contributed by atoms with Gasteiger partial charge >= 0.3 is 5.97 Å². The highest BCUT2D eigenvalue weighted by Crippen LogP contribution is 2.13. The number of thioether (sulfide) groups is 1. The number of carbonyl (C=O) groups is 2. The average Bonchev–Trinajstić information content (AvgIpc) is 2.43. The molecule has 1 unspecified atom stereocenters. The Morgan fingerprint density at radius 1 is 1.26 bits per heavy atom. The maximum absolute atomic E-state index is 12.3. The third kappa shape index (κ3) is 3.99. The molecule has 1 atom stereocenters. The van der Waals surface area contributed by atoms with Gasteiger partial charge in [0.25, 0.3) is 5.91 Å². The fourth-order valence-corrected chi connectivity index (χ4v) is 2.66. The van der Waals surface area contributed by atoms with Gasteiger partial charge in [-0.1, -0.05) is 6.92 Å². The molecule has 4 nitrogen and oxygen atoms in total.